The van der Waals surface area contributed by atoms with E-state index in [9.17, 15) is 13.2 Å². The monoisotopic (exact) mass is 354 g/mol. The molecular weight excluding hydrogens is 328 g/mol. The number of hydrogen-bond donors (Lipinski definition) is 1. The maximum absolute atomic E-state index is 12.1. The molecule has 0 aromatic carbocycles. The summed E-state index contributed by atoms with van der Waals surface area (Å²) in [6.45, 7) is 4.02. The van der Waals surface area contributed by atoms with Crippen molar-refractivity contribution in [3.63, 3.8) is 0 Å². The van der Waals surface area contributed by atoms with Crippen molar-refractivity contribution < 1.29 is 13.2 Å². The predicted molar refractivity (Wildman–Crippen MR) is 95.2 cm³/mol. The van der Waals surface area contributed by atoms with Gasteiger partial charge in [-0.05, 0) is 39.6 Å². The summed E-state index contributed by atoms with van der Waals surface area (Å²) in [5.74, 6) is 0.974. The fourth-order valence-electron chi connectivity index (χ4n) is 2.81. The number of hydrogen-bond acceptors (Lipinski definition) is 6. The molecule has 1 aromatic rings. The molecule has 0 bridgehead atoms. The zero-order valence-corrected chi connectivity index (χ0v) is 15.3. The highest BCUT2D eigenvalue weighted by Crippen LogP contribution is 2.22. The zero-order valence-electron chi connectivity index (χ0n) is 14.5. The second-order valence-corrected chi connectivity index (χ2v) is 8.54. The van der Waals surface area contributed by atoms with Crippen LogP contribution in [-0.2, 0) is 9.84 Å². The highest BCUT2D eigenvalue weighted by Gasteiger charge is 2.32. The van der Waals surface area contributed by atoms with Crippen molar-refractivity contribution in [3.05, 3.63) is 23.9 Å². The molecule has 1 aliphatic rings. The second-order valence-electron chi connectivity index (χ2n) is 6.31. The van der Waals surface area contributed by atoms with Gasteiger partial charge in [0.05, 0.1) is 17.1 Å². The van der Waals surface area contributed by atoms with E-state index in [2.05, 4.69) is 10.3 Å². The van der Waals surface area contributed by atoms with Gasteiger partial charge in [0.25, 0.3) is 5.91 Å². The van der Waals surface area contributed by atoms with Gasteiger partial charge >= 0.3 is 0 Å². The molecule has 134 valence electrons. The van der Waals surface area contributed by atoms with Crippen molar-refractivity contribution in [1.82, 2.24) is 15.2 Å². The number of anilines is 1. The molecule has 7 nitrogen and oxygen atoms in total. The van der Waals surface area contributed by atoms with Gasteiger partial charge in [0.15, 0.2) is 9.84 Å². The zero-order chi connectivity index (χ0) is 17.7. The lowest BCUT2D eigenvalue weighted by molar-refractivity contribution is 0.0950. The van der Waals surface area contributed by atoms with Gasteiger partial charge in [-0.1, -0.05) is 0 Å². The number of sulfone groups is 1. The Kier molecular flexibility index (Phi) is 6.17. The van der Waals surface area contributed by atoms with Crippen LogP contribution in [0.1, 0.15) is 23.7 Å². The minimum absolute atomic E-state index is 0.0349. The van der Waals surface area contributed by atoms with Crippen LogP contribution in [0, 0.1) is 0 Å². The van der Waals surface area contributed by atoms with Crippen LogP contribution in [-0.4, -0.2) is 75.5 Å². The van der Waals surface area contributed by atoms with Crippen LogP contribution in [0.3, 0.4) is 0 Å². The van der Waals surface area contributed by atoms with Crippen LogP contribution in [0.15, 0.2) is 18.3 Å². The van der Waals surface area contributed by atoms with E-state index in [4.69, 9.17) is 0 Å². The minimum Gasteiger partial charge on any atom is -0.353 e. The second kappa shape index (κ2) is 7.94. The van der Waals surface area contributed by atoms with Crippen molar-refractivity contribution in [1.29, 1.82) is 0 Å². The molecule has 0 aliphatic carbocycles. The summed E-state index contributed by atoms with van der Waals surface area (Å²) in [5, 5.41) is 2.85. The highest BCUT2D eigenvalue weighted by atomic mass is 32.2. The number of nitrogens with zero attached hydrogens (tertiary/aromatic N) is 3. The first-order chi connectivity index (χ1) is 11.3. The quantitative estimate of drug-likeness (QED) is 0.763. The molecule has 1 aliphatic heterocycles. The summed E-state index contributed by atoms with van der Waals surface area (Å²) >= 11 is 0. The van der Waals surface area contributed by atoms with Crippen LogP contribution < -0.4 is 10.2 Å². The fourth-order valence-corrected chi connectivity index (χ4v) is 4.54. The molecule has 8 heteroatoms. The maximum atomic E-state index is 12.1. The van der Waals surface area contributed by atoms with Crippen LogP contribution in [0.25, 0.3) is 0 Å². The van der Waals surface area contributed by atoms with Crippen molar-refractivity contribution in [3.8, 4) is 0 Å². The predicted octanol–water partition coefficient (Wildman–Crippen LogP) is 0.386. The van der Waals surface area contributed by atoms with Crippen LogP contribution in [0.4, 0.5) is 5.82 Å². The first-order valence-electron chi connectivity index (χ1n) is 8.18. The Morgan fingerprint density at radius 1 is 1.38 bits per heavy atom. The van der Waals surface area contributed by atoms with Crippen molar-refractivity contribution >= 4 is 21.6 Å². The van der Waals surface area contributed by atoms with Crippen molar-refractivity contribution in [2.45, 2.75) is 19.4 Å². The molecule has 1 amide bonds. The van der Waals surface area contributed by atoms with Gasteiger partial charge in [-0.3, -0.25) is 4.79 Å². The van der Waals surface area contributed by atoms with Crippen LogP contribution in [0.5, 0.6) is 0 Å². The third-order valence-electron chi connectivity index (χ3n) is 4.14. The number of aromatic nitrogens is 1. The van der Waals surface area contributed by atoms with Gasteiger partial charge in [0.1, 0.15) is 5.82 Å². The van der Waals surface area contributed by atoms with E-state index in [0.717, 1.165) is 6.54 Å². The maximum Gasteiger partial charge on any atom is 0.252 e. The van der Waals surface area contributed by atoms with Gasteiger partial charge in [-0.2, -0.15) is 0 Å². The molecule has 1 fully saturated rings. The number of carbonyl (C=O) groups is 1. The lowest BCUT2D eigenvalue weighted by Gasteiger charge is -2.28. The van der Waals surface area contributed by atoms with E-state index in [1.165, 1.54) is 0 Å². The van der Waals surface area contributed by atoms with Gasteiger partial charge in [-0.15, -0.1) is 0 Å². The highest BCUT2D eigenvalue weighted by molar-refractivity contribution is 7.91. The van der Waals surface area contributed by atoms with Crippen molar-refractivity contribution in [2.75, 3.05) is 50.1 Å². The Morgan fingerprint density at radius 2 is 2.12 bits per heavy atom. The molecule has 1 unspecified atom stereocenters. The summed E-state index contributed by atoms with van der Waals surface area (Å²) in [7, 11) is 0.964. The van der Waals surface area contributed by atoms with E-state index >= 15 is 0 Å². The standard InChI is InChI=1S/C16H26N4O3S/c1-4-20(14-7-10-24(22,23)12-14)15-6-5-13(11-18-15)16(21)17-8-9-19(2)3/h5-6,11,14H,4,7-10,12H2,1-3H3,(H,17,21). The molecule has 0 spiro atoms. The molecular formula is C16H26N4O3S. The summed E-state index contributed by atoms with van der Waals surface area (Å²) in [6, 6.07) is 3.49. The normalized spacial score (nSPS) is 19.4. The molecule has 2 rings (SSSR count). The number of likely N-dealkylation sites (N-methyl/N-ethyl adjacent to an activating group) is 1. The first kappa shape index (κ1) is 18.7. The Hall–Kier alpha value is -1.67. The smallest absolute Gasteiger partial charge is 0.252 e. The molecule has 1 saturated heterocycles. The van der Waals surface area contributed by atoms with Crippen LogP contribution in [0.2, 0.25) is 0 Å². The topological polar surface area (TPSA) is 82.6 Å². The van der Waals surface area contributed by atoms with Gasteiger partial charge in [-0.25, -0.2) is 13.4 Å². The van der Waals surface area contributed by atoms with Gasteiger partial charge in [0.2, 0.25) is 0 Å². The van der Waals surface area contributed by atoms with E-state index in [1.54, 1.807) is 18.3 Å². The first-order valence-corrected chi connectivity index (χ1v) is 10.0. The molecule has 2 heterocycles. The lowest BCUT2D eigenvalue weighted by atomic mass is 10.2. The van der Waals surface area contributed by atoms with Crippen molar-refractivity contribution in [2.24, 2.45) is 0 Å². The average molecular weight is 354 g/mol. The number of pyridine rings is 1. The third kappa shape index (κ3) is 4.91. The lowest BCUT2D eigenvalue weighted by Crippen LogP contribution is -2.36. The Balaban J connectivity index is 2.01. The summed E-state index contributed by atoms with van der Waals surface area (Å²) in [4.78, 5) is 20.4. The third-order valence-corrected chi connectivity index (χ3v) is 5.89. The molecule has 0 saturated carbocycles. The Bertz CT molecular complexity index is 658. The summed E-state index contributed by atoms with van der Waals surface area (Å²) in [5.41, 5.74) is 0.507. The molecule has 1 atom stereocenters. The van der Waals surface area contributed by atoms with E-state index in [1.807, 2.05) is 30.8 Å². The van der Waals surface area contributed by atoms with E-state index in [-0.39, 0.29) is 23.5 Å². The SMILES string of the molecule is CCN(c1ccc(C(=O)NCCN(C)C)cn1)C1CCS(=O)(=O)C1. The Labute approximate surface area is 144 Å². The molecule has 24 heavy (non-hydrogen) atoms. The fraction of sp³-hybridized carbons (Fsp3) is 0.625. The molecule has 1 N–H and O–H groups in total. The molecule has 0 radical (unpaired) electrons. The number of carbonyl (C=O) groups excluding carboxylic acids is 1. The number of amides is 1. The number of rotatable bonds is 7. The van der Waals surface area contributed by atoms with Gasteiger partial charge < -0.3 is 15.1 Å². The Morgan fingerprint density at radius 3 is 2.62 bits per heavy atom. The summed E-state index contributed by atoms with van der Waals surface area (Å²) in [6.07, 6.45) is 2.18. The number of nitrogens with one attached hydrogen (secondary N) is 1. The largest absolute Gasteiger partial charge is 0.353 e. The van der Waals surface area contributed by atoms with Crippen LogP contribution >= 0.6 is 0 Å². The van der Waals surface area contributed by atoms with E-state index in [0.29, 0.717) is 30.9 Å². The molecule has 1 aromatic heterocycles. The average Bonchev–Trinajstić information content (AvgIpc) is 2.88. The van der Waals surface area contributed by atoms with E-state index < -0.39 is 9.84 Å². The van der Waals surface area contributed by atoms with Gasteiger partial charge in [0, 0.05) is 31.9 Å². The summed E-state index contributed by atoms with van der Waals surface area (Å²) < 4.78 is 23.4. The minimum atomic E-state index is -2.94.